The first-order valence-corrected chi connectivity index (χ1v) is 2.97. The van der Waals surface area contributed by atoms with Gasteiger partial charge in [0.25, 0.3) is 0 Å². The SMILES string of the molecule is CC(=CC=CB(O)O)CO. The fraction of sp³-hybridized carbons (Fsp3) is 0.333. The standard InChI is InChI=1S/C6H11BO3/c1-6(5-8)3-2-4-7(9)10/h2-4,8-10H,5H2,1H3. The van der Waals surface area contributed by atoms with Crippen LogP contribution in [0.15, 0.2) is 23.7 Å². The lowest BCUT2D eigenvalue weighted by Gasteiger charge is -1.88. The van der Waals surface area contributed by atoms with Crippen molar-refractivity contribution in [2.24, 2.45) is 0 Å². The Balaban J connectivity index is 3.70. The number of hydrogen-bond donors (Lipinski definition) is 3. The van der Waals surface area contributed by atoms with Crippen LogP contribution in [0.5, 0.6) is 0 Å². The van der Waals surface area contributed by atoms with Crippen LogP contribution in [0.4, 0.5) is 0 Å². The Labute approximate surface area is 60.5 Å². The number of hydrogen-bond acceptors (Lipinski definition) is 3. The van der Waals surface area contributed by atoms with E-state index in [1.54, 1.807) is 13.0 Å². The molecule has 0 aromatic heterocycles. The molecule has 0 amide bonds. The van der Waals surface area contributed by atoms with Crippen molar-refractivity contribution in [1.82, 2.24) is 0 Å². The first-order valence-electron chi connectivity index (χ1n) is 2.97. The van der Waals surface area contributed by atoms with Gasteiger partial charge in [0, 0.05) is 0 Å². The zero-order chi connectivity index (χ0) is 7.98. The van der Waals surface area contributed by atoms with Crippen molar-refractivity contribution in [3.8, 4) is 0 Å². The smallest absolute Gasteiger partial charge is 0.424 e. The minimum Gasteiger partial charge on any atom is -0.424 e. The van der Waals surface area contributed by atoms with Crippen LogP contribution >= 0.6 is 0 Å². The predicted octanol–water partition coefficient (Wildman–Crippen LogP) is -0.507. The van der Waals surface area contributed by atoms with Crippen LogP contribution in [0, 0.1) is 0 Å². The van der Waals surface area contributed by atoms with E-state index in [-0.39, 0.29) is 6.61 Å². The fourth-order valence-corrected chi connectivity index (χ4v) is 0.372. The lowest BCUT2D eigenvalue weighted by atomic mass is 9.92. The summed E-state index contributed by atoms with van der Waals surface area (Å²) in [6.07, 6.45) is 3.09. The normalized spacial score (nSPS) is 12.6. The maximum atomic E-state index is 8.47. The number of rotatable bonds is 3. The van der Waals surface area contributed by atoms with Gasteiger partial charge in [0.05, 0.1) is 6.61 Å². The Morgan fingerprint density at radius 2 is 2.10 bits per heavy atom. The quantitative estimate of drug-likeness (QED) is 0.367. The molecule has 0 aromatic rings. The first-order chi connectivity index (χ1) is 4.66. The molecule has 0 saturated carbocycles. The van der Waals surface area contributed by atoms with Crippen LogP contribution in [0.1, 0.15) is 6.92 Å². The number of allylic oxidation sites excluding steroid dienone is 2. The lowest BCUT2D eigenvalue weighted by molar-refractivity contribution is 0.331. The summed E-state index contributed by atoms with van der Waals surface area (Å²) in [7, 11) is -1.41. The summed E-state index contributed by atoms with van der Waals surface area (Å²) in [5.41, 5.74) is 0.775. The highest BCUT2D eigenvalue weighted by molar-refractivity contribution is 6.47. The molecule has 0 spiro atoms. The van der Waals surface area contributed by atoms with Crippen LogP contribution in [-0.2, 0) is 0 Å². The van der Waals surface area contributed by atoms with E-state index < -0.39 is 7.12 Å². The molecular formula is C6H11BO3. The van der Waals surface area contributed by atoms with Gasteiger partial charge >= 0.3 is 7.12 Å². The predicted molar refractivity (Wildman–Crippen MR) is 40.2 cm³/mol. The van der Waals surface area contributed by atoms with Gasteiger partial charge in [0.1, 0.15) is 0 Å². The van der Waals surface area contributed by atoms with E-state index in [0.717, 1.165) is 5.57 Å². The van der Waals surface area contributed by atoms with Crippen molar-refractivity contribution in [2.75, 3.05) is 6.61 Å². The van der Waals surface area contributed by atoms with E-state index in [1.807, 2.05) is 0 Å². The third-order valence-electron chi connectivity index (χ3n) is 0.913. The molecule has 0 aromatic carbocycles. The second-order valence-corrected chi connectivity index (χ2v) is 1.97. The molecule has 4 heteroatoms. The molecule has 3 N–H and O–H groups in total. The van der Waals surface area contributed by atoms with Gasteiger partial charge < -0.3 is 15.2 Å². The first kappa shape index (κ1) is 9.42. The van der Waals surface area contributed by atoms with Crippen molar-refractivity contribution >= 4 is 7.12 Å². The van der Waals surface area contributed by atoms with Crippen molar-refractivity contribution in [2.45, 2.75) is 6.92 Å². The highest BCUT2D eigenvalue weighted by Crippen LogP contribution is 1.89. The summed E-state index contributed by atoms with van der Waals surface area (Å²) < 4.78 is 0. The maximum Gasteiger partial charge on any atom is 0.480 e. The Bertz CT molecular complexity index is 140. The van der Waals surface area contributed by atoms with E-state index in [0.29, 0.717) is 0 Å². The Kier molecular flexibility index (Phi) is 4.93. The summed E-state index contributed by atoms with van der Waals surface area (Å²) >= 11 is 0. The summed E-state index contributed by atoms with van der Waals surface area (Å²) in [5.74, 6) is 1.21. The van der Waals surface area contributed by atoms with Gasteiger partial charge in [-0.15, -0.1) is 0 Å². The van der Waals surface area contributed by atoms with Crippen molar-refractivity contribution in [1.29, 1.82) is 0 Å². The second-order valence-electron chi connectivity index (χ2n) is 1.97. The number of aliphatic hydroxyl groups excluding tert-OH is 1. The van der Waals surface area contributed by atoms with Crippen molar-refractivity contribution in [3.05, 3.63) is 23.7 Å². The highest BCUT2D eigenvalue weighted by Gasteiger charge is 1.95. The topological polar surface area (TPSA) is 60.7 Å². The molecule has 0 radical (unpaired) electrons. The molecule has 56 valence electrons. The van der Waals surface area contributed by atoms with Gasteiger partial charge in [0.2, 0.25) is 0 Å². The van der Waals surface area contributed by atoms with Gasteiger partial charge in [-0.1, -0.05) is 18.1 Å². The monoisotopic (exact) mass is 142 g/mol. The third kappa shape index (κ3) is 5.56. The molecular weight excluding hydrogens is 131 g/mol. The Morgan fingerprint density at radius 1 is 1.50 bits per heavy atom. The highest BCUT2D eigenvalue weighted by atomic mass is 16.4. The summed E-state index contributed by atoms with van der Waals surface area (Å²) in [6.45, 7) is 1.74. The van der Waals surface area contributed by atoms with Gasteiger partial charge in [-0.05, 0) is 12.5 Å². The van der Waals surface area contributed by atoms with Crippen molar-refractivity contribution in [3.63, 3.8) is 0 Å². The lowest BCUT2D eigenvalue weighted by Crippen LogP contribution is -2.05. The van der Waals surface area contributed by atoms with Crippen LogP contribution in [0.2, 0.25) is 0 Å². The molecule has 0 rings (SSSR count). The van der Waals surface area contributed by atoms with E-state index in [2.05, 4.69) is 0 Å². The van der Waals surface area contributed by atoms with E-state index in [1.165, 1.54) is 12.1 Å². The second kappa shape index (κ2) is 5.23. The zero-order valence-corrected chi connectivity index (χ0v) is 5.86. The minimum atomic E-state index is -1.41. The van der Waals surface area contributed by atoms with E-state index in [4.69, 9.17) is 15.2 Å². The average Bonchev–Trinajstić information content (AvgIpc) is 1.87. The molecule has 0 saturated heterocycles. The van der Waals surface area contributed by atoms with Crippen LogP contribution in [0.3, 0.4) is 0 Å². The zero-order valence-electron chi connectivity index (χ0n) is 5.86. The molecule has 0 aliphatic carbocycles. The summed E-state index contributed by atoms with van der Waals surface area (Å²) in [4.78, 5) is 0. The molecule has 0 heterocycles. The molecule has 3 nitrogen and oxygen atoms in total. The van der Waals surface area contributed by atoms with Crippen molar-refractivity contribution < 1.29 is 15.2 Å². The van der Waals surface area contributed by atoms with Gasteiger partial charge in [-0.3, -0.25) is 0 Å². The van der Waals surface area contributed by atoms with E-state index in [9.17, 15) is 0 Å². The summed E-state index contributed by atoms with van der Waals surface area (Å²) in [5, 5.41) is 25.1. The fourth-order valence-electron chi connectivity index (χ4n) is 0.372. The largest absolute Gasteiger partial charge is 0.480 e. The molecule has 0 bridgehead atoms. The molecule has 10 heavy (non-hydrogen) atoms. The minimum absolute atomic E-state index is 0.00807. The van der Waals surface area contributed by atoms with Crippen LogP contribution < -0.4 is 0 Å². The van der Waals surface area contributed by atoms with Gasteiger partial charge in [-0.25, -0.2) is 0 Å². The third-order valence-corrected chi connectivity index (χ3v) is 0.913. The van der Waals surface area contributed by atoms with E-state index >= 15 is 0 Å². The maximum absolute atomic E-state index is 8.47. The summed E-state index contributed by atoms with van der Waals surface area (Å²) in [6, 6.07) is 0. The number of aliphatic hydroxyl groups is 1. The molecule has 0 aliphatic rings. The molecule has 0 fully saturated rings. The van der Waals surface area contributed by atoms with Crippen LogP contribution in [0.25, 0.3) is 0 Å². The Hall–Kier alpha value is -0.575. The van der Waals surface area contributed by atoms with Gasteiger partial charge in [-0.2, -0.15) is 0 Å². The Morgan fingerprint density at radius 3 is 2.50 bits per heavy atom. The average molecular weight is 142 g/mol. The molecule has 0 unspecified atom stereocenters. The van der Waals surface area contributed by atoms with Crippen LogP contribution in [-0.4, -0.2) is 28.9 Å². The van der Waals surface area contributed by atoms with Gasteiger partial charge in [0.15, 0.2) is 0 Å². The molecule has 0 aliphatic heterocycles. The molecule has 0 atom stereocenters.